The highest BCUT2D eigenvalue weighted by Crippen LogP contribution is 2.47. The molecule has 0 aromatic carbocycles. The number of nitrogens with zero attached hydrogens (tertiary/aromatic N) is 1. The van der Waals surface area contributed by atoms with E-state index in [1.807, 2.05) is 7.05 Å². The number of hydroxylamine groups is 2. The Hall–Kier alpha value is -0.540. The van der Waals surface area contributed by atoms with Crippen LogP contribution >= 0.6 is 0 Å². The van der Waals surface area contributed by atoms with Crippen LogP contribution in [-0.2, 0) is 0 Å². The Labute approximate surface area is 85.7 Å². The molecule has 4 unspecified atom stereocenters. The van der Waals surface area contributed by atoms with E-state index in [-0.39, 0.29) is 0 Å². The summed E-state index contributed by atoms with van der Waals surface area (Å²) in [6, 6.07) is 0.595. The Bertz CT molecular complexity index is 250. The van der Waals surface area contributed by atoms with Crippen LogP contribution in [0.5, 0.6) is 0 Å². The minimum Gasteiger partial charge on any atom is -0.759 e. The quantitative estimate of drug-likeness (QED) is 0.680. The molecule has 0 spiro atoms. The maximum atomic E-state index is 11.2. The van der Waals surface area contributed by atoms with Crippen LogP contribution in [0.15, 0.2) is 11.8 Å². The van der Waals surface area contributed by atoms with Gasteiger partial charge in [0.2, 0.25) is 0 Å². The van der Waals surface area contributed by atoms with Crippen molar-refractivity contribution in [3.8, 4) is 0 Å². The van der Waals surface area contributed by atoms with Crippen LogP contribution in [-0.4, -0.2) is 25.2 Å². The van der Waals surface area contributed by atoms with Crippen molar-refractivity contribution in [3.63, 3.8) is 0 Å². The van der Waals surface area contributed by atoms with Gasteiger partial charge in [0.15, 0.2) is 0 Å². The highest BCUT2D eigenvalue weighted by molar-refractivity contribution is 5.17. The summed E-state index contributed by atoms with van der Waals surface area (Å²) in [7, 11) is 3.61. The monoisotopic (exact) mass is 195 g/mol. The molecular formula is C11H19N2O-. The number of fused-ring (bicyclic) bond motifs is 1. The molecule has 0 aromatic rings. The van der Waals surface area contributed by atoms with Gasteiger partial charge in [-0.2, -0.15) is 0 Å². The van der Waals surface area contributed by atoms with Crippen molar-refractivity contribution in [1.82, 2.24) is 10.4 Å². The first-order valence-electron chi connectivity index (χ1n) is 5.42. The zero-order valence-electron chi connectivity index (χ0n) is 9.16. The van der Waals surface area contributed by atoms with E-state index in [9.17, 15) is 5.21 Å². The van der Waals surface area contributed by atoms with E-state index >= 15 is 0 Å². The van der Waals surface area contributed by atoms with Gasteiger partial charge >= 0.3 is 0 Å². The molecule has 3 nitrogen and oxygen atoms in total. The predicted molar refractivity (Wildman–Crippen MR) is 57.4 cm³/mol. The molecule has 0 aliphatic heterocycles. The number of allylic oxidation sites excluding steroid dienone is 1. The Morgan fingerprint density at radius 2 is 2.29 bits per heavy atom. The lowest BCUT2D eigenvalue weighted by Crippen LogP contribution is -2.52. The molecule has 1 saturated carbocycles. The van der Waals surface area contributed by atoms with E-state index in [1.165, 1.54) is 6.42 Å². The van der Waals surface area contributed by atoms with E-state index in [0.717, 1.165) is 23.1 Å². The van der Waals surface area contributed by atoms with Crippen LogP contribution in [0.1, 0.15) is 19.8 Å². The van der Waals surface area contributed by atoms with E-state index in [2.05, 4.69) is 18.3 Å². The zero-order valence-corrected chi connectivity index (χ0v) is 9.16. The highest BCUT2D eigenvalue weighted by atomic mass is 16.5. The van der Waals surface area contributed by atoms with E-state index in [4.69, 9.17) is 0 Å². The van der Waals surface area contributed by atoms with Crippen molar-refractivity contribution in [3.05, 3.63) is 17.0 Å². The number of hydrogen-bond acceptors (Lipinski definition) is 3. The number of rotatable bonds is 2. The third-order valence-corrected chi connectivity index (χ3v) is 3.91. The second-order valence-electron chi connectivity index (χ2n) is 4.71. The molecule has 0 heterocycles. The molecule has 0 bridgehead atoms. The minimum absolute atomic E-state index is 0.593. The molecule has 2 aliphatic carbocycles. The summed E-state index contributed by atoms with van der Waals surface area (Å²) in [5.74, 6) is 2.06. The molecule has 3 heteroatoms. The maximum Gasteiger partial charge on any atom is 0.0133 e. The molecule has 0 radical (unpaired) electrons. The fourth-order valence-electron chi connectivity index (χ4n) is 2.88. The predicted octanol–water partition coefficient (Wildman–Crippen LogP) is 1.56. The summed E-state index contributed by atoms with van der Waals surface area (Å²) in [6.07, 6.45) is 4.41. The van der Waals surface area contributed by atoms with Crippen molar-refractivity contribution in [1.29, 1.82) is 0 Å². The van der Waals surface area contributed by atoms with Gasteiger partial charge in [-0.05, 0) is 50.4 Å². The molecule has 1 fully saturated rings. The fraction of sp³-hybridized carbons (Fsp3) is 0.818. The molecule has 0 saturated heterocycles. The number of hydrogen-bond donors (Lipinski definition) is 1. The first-order valence-corrected chi connectivity index (χ1v) is 5.42. The van der Waals surface area contributed by atoms with Crippen molar-refractivity contribution < 1.29 is 0 Å². The standard InChI is InChI=1S/C11H19N2O/c1-7-4-8(13(3)14)5-10-9(7)6-11(10)12-2/h5,7,9-12H,4,6H2,1-3H3/q-1. The van der Waals surface area contributed by atoms with Crippen LogP contribution in [0.2, 0.25) is 0 Å². The Morgan fingerprint density at radius 3 is 2.86 bits per heavy atom. The smallest absolute Gasteiger partial charge is 0.0133 e. The molecule has 0 amide bonds. The Kier molecular flexibility index (Phi) is 2.54. The van der Waals surface area contributed by atoms with Crippen molar-refractivity contribution in [2.75, 3.05) is 14.1 Å². The highest BCUT2D eigenvalue weighted by Gasteiger charge is 2.44. The summed E-state index contributed by atoms with van der Waals surface area (Å²) >= 11 is 0. The van der Waals surface area contributed by atoms with Crippen molar-refractivity contribution in [2.24, 2.45) is 17.8 Å². The van der Waals surface area contributed by atoms with Crippen LogP contribution in [0, 0.1) is 23.0 Å². The molecule has 2 rings (SSSR count). The third-order valence-electron chi connectivity index (χ3n) is 3.91. The molecule has 2 aliphatic rings. The van der Waals surface area contributed by atoms with Gasteiger partial charge in [-0.1, -0.05) is 13.0 Å². The average Bonchev–Trinajstić information content (AvgIpc) is 2.09. The molecule has 4 atom stereocenters. The summed E-state index contributed by atoms with van der Waals surface area (Å²) in [4.78, 5) is 0. The van der Waals surface area contributed by atoms with Crippen LogP contribution in [0.3, 0.4) is 0 Å². The lowest BCUT2D eigenvalue weighted by Gasteiger charge is -2.51. The van der Waals surface area contributed by atoms with E-state index in [0.29, 0.717) is 17.9 Å². The van der Waals surface area contributed by atoms with Gasteiger partial charge in [-0.15, -0.1) is 0 Å². The number of nitrogens with one attached hydrogen (secondary N) is 1. The summed E-state index contributed by atoms with van der Waals surface area (Å²) in [6.45, 7) is 2.26. The Morgan fingerprint density at radius 1 is 1.57 bits per heavy atom. The molecular weight excluding hydrogens is 176 g/mol. The van der Waals surface area contributed by atoms with Gasteiger partial charge in [0.25, 0.3) is 0 Å². The van der Waals surface area contributed by atoms with E-state index in [1.54, 1.807) is 7.05 Å². The molecule has 80 valence electrons. The first kappa shape index (κ1) is 9.99. The average molecular weight is 195 g/mol. The van der Waals surface area contributed by atoms with Gasteiger partial charge in [0.05, 0.1) is 0 Å². The third kappa shape index (κ3) is 1.44. The first-order chi connectivity index (χ1) is 6.63. The lowest BCUT2D eigenvalue weighted by molar-refractivity contribution is 0.0820. The molecule has 14 heavy (non-hydrogen) atoms. The van der Waals surface area contributed by atoms with Gasteiger partial charge in [0.1, 0.15) is 0 Å². The van der Waals surface area contributed by atoms with Crippen molar-refractivity contribution >= 4 is 0 Å². The SMILES string of the molecule is CNC1CC2C(C)CC(N(C)[O-])=CC12. The molecule has 0 aromatic heterocycles. The van der Waals surface area contributed by atoms with Crippen LogP contribution in [0.4, 0.5) is 0 Å². The lowest BCUT2D eigenvalue weighted by atomic mass is 9.60. The van der Waals surface area contributed by atoms with Crippen molar-refractivity contribution in [2.45, 2.75) is 25.8 Å². The normalized spacial score (nSPS) is 41.0. The second kappa shape index (κ2) is 3.55. The topological polar surface area (TPSA) is 38.3 Å². The summed E-state index contributed by atoms with van der Waals surface area (Å²) < 4.78 is 0. The fourth-order valence-corrected chi connectivity index (χ4v) is 2.88. The summed E-state index contributed by atoms with van der Waals surface area (Å²) in [5, 5.41) is 15.6. The van der Waals surface area contributed by atoms with Gasteiger partial charge in [-0.3, -0.25) is 0 Å². The largest absolute Gasteiger partial charge is 0.759 e. The maximum absolute atomic E-state index is 11.2. The minimum atomic E-state index is 0.593. The van der Waals surface area contributed by atoms with Gasteiger partial charge in [-0.25, -0.2) is 0 Å². The Balaban J connectivity index is 2.12. The second-order valence-corrected chi connectivity index (χ2v) is 4.71. The summed E-state index contributed by atoms with van der Waals surface area (Å²) in [5.41, 5.74) is 0.971. The zero-order chi connectivity index (χ0) is 10.3. The molecule has 1 N–H and O–H groups in total. The van der Waals surface area contributed by atoms with Gasteiger partial charge in [0, 0.05) is 6.04 Å². The van der Waals surface area contributed by atoms with Crippen LogP contribution < -0.4 is 5.32 Å². The van der Waals surface area contributed by atoms with E-state index < -0.39 is 0 Å². The van der Waals surface area contributed by atoms with Crippen LogP contribution in [0.25, 0.3) is 0 Å². The van der Waals surface area contributed by atoms with Gasteiger partial charge < -0.3 is 15.6 Å².